The van der Waals surface area contributed by atoms with Gasteiger partial charge in [0.25, 0.3) is 0 Å². The molecule has 0 bridgehead atoms. The monoisotopic (exact) mass is 540 g/mol. The van der Waals surface area contributed by atoms with E-state index in [0.29, 0.717) is 17.5 Å². The van der Waals surface area contributed by atoms with Crippen molar-refractivity contribution in [3.05, 3.63) is 121 Å². The van der Waals surface area contributed by atoms with Crippen LogP contribution in [-0.2, 0) is 0 Å². The molecule has 0 aliphatic heterocycles. The first-order chi connectivity index (χ1) is 18.3. The first-order valence-electron chi connectivity index (χ1n) is 12.1. The molecule has 0 aliphatic carbocycles. The average Bonchev–Trinajstić information content (AvgIpc) is 3.40. The van der Waals surface area contributed by atoms with E-state index in [1.165, 1.54) is 15.2 Å². The number of fused-ring (bicyclic) bond motifs is 2. The van der Waals surface area contributed by atoms with Gasteiger partial charge in [0.15, 0.2) is 0 Å². The van der Waals surface area contributed by atoms with E-state index in [1.54, 1.807) is 0 Å². The molecule has 7 rings (SSSR count). The van der Waals surface area contributed by atoms with Gasteiger partial charge in [-0.25, -0.2) is 0 Å². The third-order valence-electron chi connectivity index (χ3n) is 6.35. The van der Waals surface area contributed by atoms with Crippen LogP contribution in [0.1, 0.15) is 0 Å². The van der Waals surface area contributed by atoms with Crippen LogP contribution in [0, 0.1) is 0 Å². The molecular weight excluding hydrogens is 519 g/mol. The zero-order chi connectivity index (χ0) is 24.6. The second-order valence-corrected chi connectivity index (χ2v) is 10.9. The second kappa shape index (κ2) is 9.21. The van der Waals surface area contributed by atoms with Crippen molar-refractivity contribution in [3.8, 4) is 44.3 Å². The van der Waals surface area contributed by atoms with Gasteiger partial charge in [0.05, 0.1) is 0 Å². The van der Waals surface area contributed by atoms with Gasteiger partial charge >= 0.3 is 221 Å². The average molecular weight is 540 g/mol. The molecule has 0 N–H and O–H groups in total. The molecule has 5 heteroatoms. The fourth-order valence-corrected chi connectivity index (χ4v) is 6.63. The Morgan fingerprint density at radius 3 is 1.65 bits per heavy atom. The summed E-state index contributed by atoms with van der Waals surface area (Å²) in [4.78, 5) is 19.8. The van der Waals surface area contributed by atoms with E-state index in [-0.39, 0.29) is 14.5 Å². The van der Waals surface area contributed by atoms with Gasteiger partial charge in [0.2, 0.25) is 0 Å². The first-order valence-corrected chi connectivity index (χ1v) is 13.8. The van der Waals surface area contributed by atoms with Crippen molar-refractivity contribution in [1.29, 1.82) is 0 Å². The molecule has 0 aliphatic rings. The van der Waals surface area contributed by atoms with Crippen LogP contribution in [-0.4, -0.2) is 34.4 Å². The van der Waals surface area contributed by atoms with Crippen molar-refractivity contribution in [1.82, 2.24) is 19.9 Å². The molecule has 0 saturated carbocycles. The standard InChI is InChI=1S/C32H20N4Se/c1-4-11-21(12-5-1)29-34-30(22-13-6-2-7-14-22)36-31(35-29)25-18-10-17-24-19-28-27(20-26(24)25)33-32(37-28)23-15-8-3-9-16-23/h1-20H. The van der Waals surface area contributed by atoms with Gasteiger partial charge in [-0.05, 0) is 0 Å². The van der Waals surface area contributed by atoms with Crippen LogP contribution in [0.15, 0.2) is 121 Å². The fourth-order valence-electron chi connectivity index (χ4n) is 4.53. The van der Waals surface area contributed by atoms with Crippen molar-refractivity contribution in [2.45, 2.75) is 0 Å². The van der Waals surface area contributed by atoms with Crippen LogP contribution in [0.2, 0.25) is 0 Å². The number of rotatable bonds is 4. The third kappa shape index (κ3) is 4.15. The van der Waals surface area contributed by atoms with Crippen molar-refractivity contribution in [2.75, 3.05) is 0 Å². The number of hydrogen-bond donors (Lipinski definition) is 0. The van der Waals surface area contributed by atoms with Gasteiger partial charge in [-0.2, -0.15) is 0 Å². The molecule has 0 atom stereocenters. The van der Waals surface area contributed by atoms with Crippen LogP contribution < -0.4 is 0 Å². The summed E-state index contributed by atoms with van der Waals surface area (Å²) in [6.07, 6.45) is 0. The summed E-state index contributed by atoms with van der Waals surface area (Å²) in [6.45, 7) is 0. The van der Waals surface area contributed by atoms with E-state index in [9.17, 15) is 0 Å². The maximum absolute atomic E-state index is 5.03. The zero-order valence-corrected chi connectivity index (χ0v) is 21.5. The number of hydrogen-bond acceptors (Lipinski definition) is 4. The normalized spacial score (nSPS) is 11.2. The Kier molecular flexibility index (Phi) is 5.43. The quantitative estimate of drug-likeness (QED) is 0.220. The van der Waals surface area contributed by atoms with E-state index in [0.717, 1.165) is 32.2 Å². The minimum absolute atomic E-state index is 0.176. The number of nitrogens with zero attached hydrogens (tertiary/aromatic N) is 4. The minimum atomic E-state index is 0.176. The molecule has 0 unspecified atom stereocenters. The summed E-state index contributed by atoms with van der Waals surface area (Å²) < 4.78 is 2.47. The molecule has 37 heavy (non-hydrogen) atoms. The van der Waals surface area contributed by atoms with Gasteiger partial charge in [0.1, 0.15) is 0 Å². The van der Waals surface area contributed by atoms with Crippen LogP contribution in [0.5, 0.6) is 0 Å². The molecule has 4 nitrogen and oxygen atoms in total. The van der Waals surface area contributed by atoms with E-state index in [1.807, 2.05) is 66.7 Å². The maximum atomic E-state index is 5.03. The Morgan fingerprint density at radius 2 is 1.03 bits per heavy atom. The van der Waals surface area contributed by atoms with Gasteiger partial charge in [-0.3, -0.25) is 0 Å². The van der Waals surface area contributed by atoms with Crippen molar-refractivity contribution in [2.24, 2.45) is 0 Å². The van der Waals surface area contributed by atoms with Crippen LogP contribution in [0.4, 0.5) is 0 Å². The van der Waals surface area contributed by atoms with E-state index < -0.39 is 0 Å². The summed E-state index contributed by atoms with van der Waals surface area (Å²) in [6, 6.07) is 41.4. The molecule has 5 aromatic carbocycles. The molecule has 0 amide bonds. The van der Waals surface area contributed by atoms with E-state index >= 15 is 0 Å². The van der Waals surface area contributed by atoms with Crippen molar-refractivity contribution < 1.29 is 0 Å². The van der Waals surface area contributed by atoms with Gasteiger partial charge in [-0.15, -0.1) is 0 Å². The van der Waals surface area contributed by atoms with Gasteiger partial charge in [0, 0.05) is 0 Å². The van der Waals surface area contributed by atoms with E-state index in [4.69, 9.17) is 19.9 Å². The molecule has 0 saturated heterocycles. The zero-order valence-electron chi connectivity index (χ0n) is 19.7. The predicted octanol–water partition coefficient (Wildman–Crippen LogP) is 7.30. The summed E-state index contributed by atoms with van der Waals surface area (Å²) in [7, 11) is 0. The molecule has 0 fully saturated rings. The molecule has 0 spiro atoms. The molecule has 7 aromatic rings. The van der Waals surface area contributed by atoms with Gasteiger partial charge < -0.3 is 0 Å². The summed E-state index contributed by atoms with van der Waals surface area (Å²) in [5.41, 5.74) is 5.14. The Bertz CT molecular complexity index is 1810. The molecule has 0 radical (unpaired) electrons. The van der Waals surface area contributed by atoms with E-state index in [2.05, 4.69) is 54.6 Å². The Hall–Kier alpha value is -4.44. The molecule has 2 heterocycles. The number of benzene rings is 5. The SMILES string of the molecule is c1ccc(-c2nc(-c3ccccc3)nc(-c3cccc4cc5[se]c(-c6ccccc6)nc5cc34)n2)cc1. The second-order valence-electron chi connectivity index (χ2n) is 8.77. The van der Waals surface area contributed by atoms with Crippen LogP contribution in [0.3, 0.4) is 0 Å². The molecule has 2 aromatic heterocycles. The summed E-state index contributed by atoms with van der Waals surface area (Å²) >= 11 is 0.176. The topological polar surface area (TPSA) is 51.6 Å². The summed E-state index contributed by atoms with van der Waals surface area (Å²) in [5.74, 6) is 1.99. The van der Waals surface area contributed by atoms with Crippen LogP contribution >= 0.6 is 0 Å². The molecular formula is C32H20N4Se. The fraction of sp³-hybridized carbons (Fsp3) is 0. The Labute approximate surface area is 220 Å². The van der Waals surface area contributed by atoms with Crippen molar-refractivity contribution in [3.63, 3.8) is 0 Å². The Balaban J connectivity index is 1.44. The number of aromatic nitrogens is 4. The predicted molar refractivity (Wildman–Crippen MR) is 151 cm³/mol. The van der Waals surface area contributed by atoms with Crippen molar-refractivity contribution >= 4 is 35.1 Å². The van der Waals surface area contributed by atoms with Gasteiger partial charge in [-0.1, -0.05) is 0 Å². The first kappa shape index (κ1) is 21.8. The third-order valence-corrected chi connectivity index (χ3v) is 8.59. The van der Waals surface area contributed by atoms with Crippen LogP contribution in [0.25, 0.3) is 64.8 Å². The summed E-state index contributed by atoms with van der Waals surface area (Å²) in [5, 5.41) is 2.27. The molecule has 174 valence electrons. The Morgan fingerprint density at radius 1 is 0.459 bits per heavy atom.